The third-order valence-corrected chi connectivity index (χ3v) is 4.39. The van der Waals surface area contributed by atoms with E-state index in [1.807, 2.05) is 18.7 Å². The molecule has 1 heterocycles. The van der Waals surface area contributed by atoms with E-state index in [-0.39, 0.29) is 25.3 Å². The summed E-state index contributed by atoms with van der Waals surface area (Å²) in [5.74, 6) is 0.517. The Hall–Kier alpha value is -0.950. The summed E-state index contributed by atoms with van der Waals surface area (Å²) in [6.45, 7) is 4.51. The number of hydrogen-bond donors (Lipinski definition) is 2. The van der Waals surface area contributed by atoms with Gasteiger partial charge in [-0.2, -0.15) is 11.8 Å². The van der Waals surface area contributed by atoms with Crippen LogP contribution in [0.25, 0.3) is 0 Å². The zero-order chi connectivity index (χ0) is 15.1. The minimum Gasteiger partial charge on any atom is -0.481 e. The average molecular weight is 304 g/mol. The molecule has 0 saturated carbocycles. The first-order valence-electron chi connectivity index (χ1n) is 6.89. The molecule has 0 aromatic heterocycles. The van der Waals surface area contributed by atoms with Crippen LogP contribution in [0.2, 0.25) is 0 Å². The highest BCUT2D eigenvalue weighted by Gasteiger charge is 2.38. The summed E-state index contributed by atoms with van der Waals surface area (Å²) in [6, 6.07) is -0.555. The van der Waals surface area contributed by atoms with Gasteiger partial charge in [-0.25, -0.2) is 4.79 Å². The molecule has 7 heteroatoms. The molecule has 20 heavy (non-hydrogen) atoms. The fourth-order valence-electron chi connectivity index (χ4n) is 2.10. The lowest BCUT2D eigenvalue weighted by atomic mass is 10.0. The molecular formula is C13H24N2O4S. The van der Waals surface area contributed by atoms with Gasteiger partial charge in [-0.1, -0.05) is 6.92 Å². The van der Waals surface area contributed by atoms with E-state index in [1.165, 1.54) is 4.90 Å². The first-order chi connectivity index (χ1) is 9.47. The maximum Gasteiger partial charge on any atom is 0.317 e. The van der Waals surface area contributed by atoms with Gasteiger partial charge in [0.15, 0.2) is 0 Å². The zero-order valence-electron chi connectivity index (χ0n) is 12.3. The predicted molar refractivity (Wildman–Crippen MR) is 79.1 cm³/mol. The van der Waals surface area contributed by atoms with Crippen molar-refractivity contribution in [3.05, 3.63) is 0 Å². The molecule has 0 aromatic rings. The minimum atomic E-state index is -0.917. The Morgan fingerprint density at radius 2 is 2.20 bits per heavy atom. The Morgan fingerprint density at radius 3 is 2.80 bits per heavy atom. The summed E-state index contributed by atoms with van der Waals surface area (Å²) in [7, 11) is 1.62. The normalized spacial score (nSPS) is 23.4. The molecule has 0 aliphatic carbocycles. The van der Waals surface area contributed by atoms with Crippen molar-refractivity contribution in [1.29, 1.82) is 0 Å². The lowest BCUT2D eigenvalue weighted by Crippen LogP contribution is -2.50. The molecule has 0 aromatic carbocycles. The Labute approximate surface area is 124 Å². The number of aliphatic carboxylic acids is 1. The van der Waals surface area contributed by atoms with Crippen molar-refractivity contribution in [1.82, 2.24) is 10.2 Å². The number of ether oxygens (including phenoxy) is 1. The number of likely N-dealkylation sites (N-methyl/N-ethyl adjacent to an activating group) is 1. The number of urea groups is 1. The van der Waals surface area contributed by atoms with Crippen LogP contribution in [0.1, 0.15) is 20.3 Å². The average Bonchev–Trinajstić information content (AvgIpc) is 2.87. The summed E-state index contributed by atoms with van der Waals surface area (Å²) in [6.07, 6.45) is 0.904. The van der Waals surface area contributed by atoms with Crippen LogP contribution >= 0.6 is 11.8 Å². The fourth-order valence-corrected chi connectivity index (χ4v) is 2.91. The fraction of sp³-hybridized carbons (Fsp3) is 0.846. The Bertz CT molecular complexity index is 340. The zero-order valence-corrected chi connectivity index (χ0v) is 13.1. The van der Waals surface area contributed by atoms with Crippen molar-refractivity contribution in [3.8, 4) is 0 Å². The van der Waals surface area contributed by atoms with Crippen LogP contribution in [0.3, 0.4) is 0 Å². The smallest absolute Gasteiger partial charge is 0.317 e. The third kappa shape index (κ3) is 4.86. The van der Waals surface area contributed by atoms with Gasteiger partial charge >= 0.3 is 12.0 Å². The van der Waals surface area contributed by atoms with Crippen molar-refractivity contribution in [2.75, 3.05) is 31.8 Å². The number of carbonyl (C=O) groups is 2. The van der Waals surface area contributed by atoms with Crippen LogP contribution in [0.4, 0.5) is 4.79 Å². The number of hydrogen-bond acceptors (Lipinski definition) is 4. The van der Waals surface area contributed by atoms with Crippen LogP contribution < -0.4 is 5.32 Å². The number of carboxylic acids is 1. The largest absolute Gasteiger partial charge is 0.481 e. The number of nitrogens with zero attached hydrogens (tertiary/aromatic N) is 1. The molecule has 1 rings (SSSR count). The summed E-state index contributed by atoms with van der Waals surface area (Å²) in [4.78, 5) is 24.6. The molecule has 6 nitrogen and oxygen atoms in total. The molecule has 116 valence electrons. The molecule has 1 fully saturated rings. The van der Waals surface area contributed by atoms with E-state index in [0.29, 0.717) is 0 Å². The molecule has 2 amide bonds. The van der Waals surface area contributed by atoms with Crippen molar-refractivity contribution >= 4 is 23.8 Å². The summed E-state index contributed by atoms with van der Waals surface area (Å²) >= 11 is 1.84. The van der Waals surface area contributed by atoms with Gasteiger partial charge in [0.2, 0.25) is 0 Å². The highest BCUT2D eigenvalue weighted by Crippen LogP contribution is 2.19. The van der Waals surface area contributed by atoms with E-state index in [4.69, 9.17) is 9.84 Å². The molecule has 0 spiro atoms. The quantitative estimate of drug-likeness (QED) is 0.692. The standard InChI is InChI=1S/C13H24N2O4S/c1-4-20-6-5-9(2)14-13(18)15(3)11-8-19-7-10(11)12(16)17/h9-11H,4-8H2,1-3H3,(H,14,18)(H,16,17). The first kappa shape index (κ1) is 17.1. The topological polar surface area (TPSA) is 78.9 Å². The number of carboxylic acid groups (broad SMARTS) is 1. The second-order valence-corrected chi connectivity index (χ2v) is 6.39. The molecule has 1 aliphatic rings. The van der Waals surface area contributed by atoms with Gasteiger partial charge in [0.25, 0.3) is 0 Å². The SMILES string of the molecule is CCSCCC(C)NC(=O)N(C)C1COCC1C(=O)O. The van der Waals surface area contributed by atoms with E-state index in [2.05, 4.69) is 12.2 Å². The monoisotopic (exact) mass is 304 g/mol. The molecule has 0 radical (unpaired) electrons. The minimum absolute atomic E-state index is 0.0783. The number of nitrogens with one attached hydrogen (secondary N) is 1. The second kappa shape index (κ2) is 8.36. The van der Waals surface area contributed by atoms with Gasteiger partial charge in [-0.15, -0.1) is 0 Å². The maximum atomic E-state index is 12.1. The summed E-state index contributed by atoms with van der Waals surface area (Å²) < 4.78 is 5.18. The highest BCUT2D eigenvalue weighted by atomic mass is 32.2. The lowest BCUT2D eigenvalue weighted by molar-refractivity contribution is -0.142. The van der Waals surface area contributed by atoms with Gasteiger partial charge in [-0.05, 0) is 24.9 Å². The van der Waals surface area contributed by atoms with Gasteiger partial charge in [-0.3, -0.25) is 4.79 Å². The van der Waals surface area contributed by atoms with Gasteiger partial charge in [0, 0.05) is 13.1 Å². The molecule has 1 saturated heterocycles. The van der Waals surface area contributed by atoms with Gasteiger partial charge in [0.05, 0.1) is 19.3 Å². The van der Waals surface area contributed by atoms with Crippen LogP contribution in [-0.4, -0.2) is 65.9 Å². The predicted octanol–water partition coefficient (Wildman–Crippen LogP) is 1.26. The van der Waals surface area contributed by atoms with Crippen molar-refractivity contribution in [2.45, 2.75) is 32.4 Å². The third-order valence-electron chi connectivity index (χ3n) is 3.45. The van der Waals surface area contributed by atoms with Crippen molar-refractivity contribution < 1.29 is 19.4 Å². The van der Waals surface area contributed by atoms with Crippen LogP contribution in [0.5, 0.6) is 0 Å². The number of thioether (sulfide) groups is 1. The lowest BCUT2D eigenvalue weighted by Gasteiger charge is -2.28. The van der Waals surface area contributed by atoms with Gasteiger partial charge in [0.1, 0.15) is 5.92 Å². The number of rotatable bonds is 7. The molecule has 1 aliphatic heterocycles. The molecule has 3 unspecified atom stereocenters. The number of carbonyl (C=O) groups excluding carboxylic acids is 1. The Balaban J connectivity index is 2.44. The van der Waals surface area contributed by atoms with Crippen molar-refractivity contribution in [2.24, 2.45) is 5.92 Å². The van der Waals surface area contributed by atoms with Crippen LogP contribution in [-0.2, 0) is 9.53 Å². The second-order valence-electron chi connectivity index (χ2n) is 5.00. The molecule has 3 atom stereocenters. The molecule has 0 bridgehead atoms. The van der Waals surface area contributed by atoms with E-state index in [0.717, 1.165) is 17.9 Å². The number of amides is 2. The van der Waals surface area contributed by atoms with Crippen LogP contribution in [0.15, 0.2) is 0 Å². The summed E-state index contributed by atoms with van der Waals surface area (Å²) in [5, 5.41) is 12.0. The Morgan fingerprint density at radius 1 is 1.50 bits per heavy atom. The van der Waals surface area contributed by atoms with Crippen molar-refractivity contribution in [3.63, 3.8) is 0 Å². The summed E-state index contributed by atoms with van der Waals surface area (Å²) in [5.41, 5.74) is 0. The van der Waals surface area contributed by atoms with E-state index < -0.39 is 17.9 Å². The Kier molecular flexibility index (Phi) is 7.15. The van der Waals surface area contributed by atoms with E-state index in [1.54, 1.807) is 7.05 Å². The van der Waals surface area contributed by atoms with Crippen LogP contribution in [0, 0.1) is 5.92 Å². The van der Waals surface area contributed by atoms with Gasteiger partial charge < -0.3 is 20.1 Å². The van der Waals surface area contributed by atoms with E-state index >= 15 is 0 Å². The first-order valence-corrected chi connectivity index (χ1v) is 8.04. The molecular weight excluding hydrogens is 280 g/mol. The maximum absolute atomic E-state index is 12.1. The van der Waals surface area contributed by atoms with E-state index in [9.17, 15) is 9.59 Å². The molecule has 2 N–H and O–H groups in total. The highest BCUT2D eigenvalue weighted by molar-refractivity contribution is 7.99.